The van der Waals surface area contributed by atoms with Crippen molar-refractivity contribution in [3.63, 3.8) is 0 Å². The van der Waals surface area contributed by atoms with Crippen LogP contribution in [0.15, 0.2) is 29.3 Å². The van der Waals surface area contributed by atoms with E-state index in [0.717, 1.165) is 5.56 Å². The summed E-state index contributed by atoms with van der Waals surface area (Å²) in [6, 6.07) is 6.03. The highest BCUT2D eigenvalue weighted by molar-refractivity contribution is 7.80. The molecule has 1 rings (SSSR count). The number of nitro benzene ring substituents is 1. The number of nitro groups is 1. The average Bonchev–Trinajstić information content (AvgIpc) is 2.17. The predicted molar refractivity (Wildman–Crippen MR) is 62.1 cm³/mol. The molecule has 0 aliphatic rings. The lowest BCUT2D eigenvalue weighted by molar-refractivity contribution is -0.384. The Bertz CT molecular complexity index is 425. The average molecular weight is 223 g/mol. The maximum atomic E-state index is 10.4. The molecular formula is C9H9N3O2S. The zero-order chi connectivity index (χ0) is 11.4. The fraction of sp³-hybridized carbons (Fsp3) is 0.111. The van der Waals surface area contributed by atoms with E-state index in [1.165, 1.54) is 12.1 Å². The van der Waals surface area contributed by atoms with Crippen LogP contribution >= 0.6 is 12.2 Å². The van der Waals surface area contributed by atoms with Crippen LogP contribution in [-0.4, -0.2) is 15.7 Å². The summed E-state index contributed by atoms with van der Waals surface area (Å²) in [4.78, 5) is 13.8. The van der Waals surface area contributed by atoms with Crippen LogP contribution in [0, 0.1) is 10.1 Å². The molecule has 0 radical (unpaired) electrons. The molecule has 0 bridgehead atoms. The van der Waals surface area contributed by atoms with Gasteiger partial charge in [0.05, 0.1) is 4.92 Å². The molecule has 0 amide bonds. The third-order valence-electron chi connectivity index (χ3n) is 1.77. The smallest absolute Gasteiger partial charge is 0.269 e. The van der Waals surface area contributed by atoms with E-state index in [1.54, 1.807) is 19.1 Å². The summed E-state index contributed by atoms with van der Waals surface area (Å²) >= 11 is 4.62. The third kappa shape index (κ3) is 3.10. The van der Waals surface area contributed by atoms with Crippen LogP contribution in [0.2, 0.25) is 0 Å². The first-order valence-electron chi connectivity index (χ1n) is 4.10. The number of thiocarbonyl (C=S) groups is 1. The van der Waals surface area contributed by atoms with Gasteiger partial charge in [0, 0.05) is 17.8 Å². The van der Waals surface area contributed by atoms with Gasteiger partial charge in [-0.25, -0.2) is 4.99 Å². The van der Waals surface area contributed by atoms with Crippen molar-refractivity contribution in [1.82, 2.24) is 0 Å². The number of aliphatic imine (C=N–C) groups is 1. The van der Waals surface area contributed by atoms with Gasteiger partial charge in [0.1, 0.15) is 0 Å². The summed E-state index contributed by atoms with van der Waals surface area (Å²) in [6.45, 7) is 1.74. The monoisotopic (exact) mass is 223 g/mol. The van der Waals surface area contributed by atoms with E-state index in [2.05, 4.69) is 17.2 Å². The van der Waals surface area contributed by atoms with Crippen LogP contribution in [0.5, 0.6) is 0 Å². The molecule has 15 heavy (non-hydrogen) atoms. The molecule has 0 unspecified atom stereocenters. The minimum Gasteiger partial charge on any atom is -0.374 e. The SMILES string of the molecule is CC(=NC(N)=S)c1ccc([N+](=O)[O-])cc1. The second-order valence-corrected chi connectivity index (χ2v) is 3.26. The van der Waals surface area contributed by atoms with Crippen LogP contribution < -0.4 is 5.73 Å². The van der Waals surface area contributed by atoms with E-state index in [0.29, 0.717) is 5.71 Å². The zero-order valence-corrected chi connectivity index (χ0v) is 8.82. The van der Waals surface area contributed by atoms with Crippen molar-refractivity contribution in [2.45, 2.75) is 6.92 Å². The van der Waals surface area contributed by atoms with Crippen molar-refractivity contribution < 1.29 is 4.92 Å². The highest BCUT2D eigenvalue weighted by atomic mass is 32.1. The van der Waals surface area contributed by atoms with Gasteiger partial charge in [-0.1, -0.05) is 0 Å². The van der Waals surface area contributed by atoms with E-state index < -0.39 is 4.92 Å². The van der Waals surface area contributed by atoms with Gasteiger partial charge in [-0.3, -0.25) is 10.1 Å². The lowest BCUT2D eigenvalue weighted by atomic mass is 10.1. The molecule has 0 spiro atoms. The van der Waals surface area contributed by atoms with Gasteiger partial charge < -0.3 is 5.73 Å². The van der Waals surface area contributed by atoms with E-state index in [9.17, 15) is 10.1 Å². The molecule has 2 N–H and O–H groups in total. The number of nitrogens with two attached hydrogens (primary N) is 1. The summed E-state index contributed by atoms with van der Waals surface area (Å²) in [5.74, 6) is 0. The minimum absolute atomic E-state index is 0.0434. The number of benzene rings is 1. The molecule has 0 aliphatic carbocycles. The van der Waals surface area contributed by atoms with Gasteiger partial charge in [0.25, 0.3) is 5.69 Å². The molecule has 1 aromatic rings. The molecule has 0 aliphatic heterocycles. The van der Waals surface area contributed by atoms with Crippen molar-refractivity contribution in [1.29, 1.82) is 0 Å². The third-order valence-corrected chi connectivity index (χ3v) is 1.87. The van der Waals surface area contributed by atoms with E-state index in [-0.39, 0.29) is 10.8 Å². The Labute approximate surface area is 91.8 Å². The molecule has 0 saturated carbocycles. The van der Waals surface area contributed by atoms with Gasteiger partial charge in [-0.15, -0.1) is 0 Å². The van der Waals surface area contributed by atoms with Gasteiger partial charge >= 0.3 is 0 Å². The lowest BCUT2D eigenvalue weighted by Crippen LogP contribution is -2.07. The van der Waals surface area contributed by atoms with Gasteiger partial charge in [0.2, 0.25) is 0 Å². The quantitative estimate of drug-likeness (QED) is 0.357. The van der Waals surface area contributed by atoms with Crippen LogP contribution in [0.1, 0.15) is 12.5 Å². The normalized spacial score (nSPS) is 11.1. The second-order valence-electron chi connectivity index (χ2n) is 2.84. The van der Waals surface area contributed by atoms with Crippen molar-refractivity contribution in [2.75, 3.05) is 0 Å². The molecule has 0 heterocycles. The van der Waals surface area contributed by atoms with Crippen molar-refractivity contribution >= 4 is 28.7 Å². The van der Waals surface area contributed by atoms with Crippen LogP contribution in [-0.2, 0) is 0 Å². The first kappa shape index (κ1) is 11.3. The number of hydrogen-bond acceptors (Lipinski definition) is 3. The van der Waals surface area contributed by atoms with E-state index in [1.807, 2.05) is 0 Å². The number of non-ortho nitro benzene ring substituents is 1. The largest absolute Gasteiger partial charge is 0.374 e. The van der Waals surface area contributed by atoms with Crippen molar-refractivity contribution in [3.05, 3.63) is 39.9 Å². The number of nitrogens with zero attached hydrogens (tertiary/aromatic N) is 2. The lowest BCUT2D eigenvalue weighted by Gasteiger charge is -1.99. The second kappa shape index (κ2) is 4.61. The Balaban J connectivity index is 2.99. The topological polar surface area (TPSA) is 81.5 Å². The standard InChI is InChI=1S/C9H9N3O2S/c1-6(11-9(10)15)7-2-4-8(5-3-7)12(13)14/h2-5H,1H3,(H2,10,15). The fourth-order valence-corrected chi connectivity index (χ4v) is 1.19. The fourth-order valence-electron chi connectivity index (χ4n) is 1.05. The summed E-state index contributed by atoms with van der Waals surface area (Å²) in [6.07, 6.45) is 0. The minimum atomic E-state index is -0.455. The Morgan fingerprint density at radius 3 is 2.40 bits per heavy atom. The first-order valence-corrected chi connectivity index (χ1v) is 4.51. The van der Waals surface area contributed by atoms with Crippen molar-refractivity contribution in [3.8, 4) is 0 Å². The maximum Gasteiger partial charge on any atom is 0.269 e. The highest BCUT2D eigenvalue weighted by Crippen LogP contribution is 2.12. The molecule has 6 heteroatoms. The van der Waals surface area contributed by atoms with Crippen LogP contribution in [0.25, 0.3) is 0 Å². The molecular weight excluding hydrogens is 214 g/mol. The molecule has 0 atom stereocenters. The molecule has 5 nitrogen and oxygen atoms in total. The Hall–Kier alpha value is -1.82. The number of rotatable bonds is 2. The van der Waals surface area contributed by atoms with E-state index in [4.69, 9.17) is 5.73 Å². The van der Waals surface area contributed by atoms with Gasteiger partial charge in [0.15, 0.2) is 5.11 Å². The molecule has 0 fully saturated rings. The summed E-state index contributed by atoms with van der Waals surface area (Å²) in [5.41, 5.74) is 6.68. The van der Waals surface area contributed by atoms with E-state index >= 15 is 0 Å². The van der Waals surface area contributed by atoms with Crippen LogP contribution in [0.3, 0.4) is 0 Å². The summed E-state index contributed by atoms with van der Waals surface area (Å²) in [5, 5.41) is 10.4. The summed E-state index contributed by atoms with van der Waals surface area (Å²) < 4.78 is 0. The highest BCUT2D eigenvalue weighted by Gasteiger charge is 2.05. The Morgan fingerprint density at radius 1 is 1.47 bits per heavy atom. The Morgan fingerprint density at radius 2 is 2.00 bits per heavy atom. The Kier molecular flexibility index (Phi) is 3.46. The molecule has 0 saturated heterocycles. The first-order chi connectivity index (χ1) is 7.00. The van der Waals surface area contributed by atoms with Crippen molar-refractivity contribution in [2.24, 2.45) is 10.7 Å². The van der Waals surface area contributed by atoms with Gasteiger partial charge in [-0.2, -0.15) is 0 Å². The molecule has 78 valence electrons. The summed E-state index contributed by atoms with van der Waals surface area (Å²) in [7, 11) is 0. The van der Waals surface area contributed by atoms with Crippen LogP contribution in [0.4, 0.5) is 5.69 Å². The number of hydrogen-bond donors (Lipinski definition) is 1. The predicted octanol–water partition coefficient (Wildman–Crippen LogP) is 1.65. The van der Waals surface area contributed by atoms with Gasteiger partial charge in [-0.05, 0) is 36.8 Å². The molecule has 0 aromatic heterocycles. The maximum absolute atomic E-state index is 10.4. The zero-order valence-electron chi connectivity index (χ0n) is 8.01. The molecule has 1 aromatic carbocycles.